The molecule has 3 aromatic rings. The molecule has 4 rings (SSSR count). The Morgan fingerprint density at radius 3 is 2.81 bits per heavy atom. The van der Waals surface area contributed by atoms with Crippen molar-refractivity contribution in [3.05, 3.63) is 47.7 Å². The van der Waals surface area contributed by atoms with Crippen LogP contribution in [0, 0.1) is 12.8 Å². The van der Waals surface area contributed by atoms with Gasteiger partial charge in [0.25, 0.3) is 0 Å². The Balaban J connectivity index is 1.42. The molecule has 1 aliphatic rings. The first kappa shape index (κ1) is 21.1. The number of nitrogens with zero attached hydrogens (tertiary/aromatic N) is 4. The maximum absolute atomic E-state index is 12.9. The van der Waals surface area contributed by atoms with Gasteiger partial charge in [-0.05, 0) is 44.0 Å². The van der Waals surface area contributed by atoms with Gasteiger partial charge in [-0.3, -0.25) is 9.78 Å². The number of alkyl halides is 2. The molecule has 10 heteroatoms. The van der Waals surface area contributed by atoms with Crippen LogP contribution < -0.4 is 15.0 Å². The predicted molar refractivity (Wildman–Crippen MR) is 115 cm³/mol. The Kier molecular flexibility index (Phi) is 6.36. The number of amides is 1. The van der Waals surface area contributed by atoms with Crippen LogP contribution in [0.15, 0.2) is 42.9 Å². The summed E-state index contributed by atoms with van der Waals surface area (Å²) in [7, 11) is 0. The molecule has 1 aliphatic heterocycles. The molecule has 1 unspecified atom stereocenters. The minimum Gasteiger partial charge on any atom is -0.435 e. The molecular formula is C21H21F2N5O2S. The van der Waals surface area contributed by atoms with Crippen LogP contribution in [-0.4, -0.2) is 40.6 Å². The third-order valence-corrected chi connectivity index (χ3v) is 5.93. The van der Waals surface area contributed by atoms with Gasteiger partial charge in [-0.25, -0.2) is 9.97 Å². The van der Waals surface area contributed by atoms with E-state index in [9.17, 15) is 13.6 Å². The van der Waals surface area contributed by atoms with Crippen molar-refractivity contribution in [2.24, 2.45) is 5.92 Å². The number of benzene rings is 1. The number of anilines is 2. The average molecular weight is 445 g/mol. The summed E-state index contributed by atoms with van der Waals surface area (Å²) in [5.41, 5.74) is 1.47. The van der Waals surface area contributed by atoms with E-state index in [-0.39, 0.29) is 17.6 Å². The fraction of sp³-hybridized carbons (Fsp3) is 0.333. The molecule has 1 atom stereocenters. The number of halogens is 2. The van der Waals surface area contributed by atoms with Gasteiger partial charge in [0.1, 0.15) is 11.6 Å². The molecule has 0 saturated carbocycles. The predicted octanol–water partition coefficient (Wildman–Crippen LogP) is 4.37. The number of aryl methyl sites for hydroxylation is 1. The van der Waals surface area contributed by atoms with Gasteiger partial charge in [-0.2, -0.15) is 8.78 Å². The SMILES string of the molecule is Cc1sc(NC(=O)C2CCCN(c3cnccn3)C2)nc1-c1ccc(OC(F)F)cc1. The summed E-state index contributed by atoms with van der Waals surface area (Å²) in [6, 6.07) is 6.29. The summed E-state index contributed by atoms with van der Waals surface area (Å²) >= 11 is 1.38. The summed E-state index contributed by atoms with van der Waals surface area (Å²) in [5, 5.41) is 3.45. The maximum Gasteiger partial charge on any atom is 0.387 e. The van der Waals surface area contributed by atoms with Gasteiger partial charge in [0.05, 0.1) is 17.8 Å². The third-order valence-electron chi connectivity index (χ3n) is 5.05. The zero-order chi connectivity index (χ0) is 21.8. The largest absolute Gasteiger partial charge is 0.435 e. The van der Waals surface area contributed by atoms with Crippen molar-refractivity contribution in [2.75, 3.05) is 23.3 Å². The molecule has 31 heavy (non-hydrogen) atoms. The summed E-state index contributed by atoms with van der Waals surface area (Å²) in [6.07, 6.45) is 6.66. The highest BCUT2D eigenvalue weighted by Crippen LogP contribution is 2.32. The van der Waals surface area contributed by atoms with Crippen molar-refractivity contribution in [1.29, 1.82) is 0 Å². The Hall–Kier alpha value is -3.14. The number of aromatic nitrogens is 3. The van der Waals surface area contributed by atoms with Crippen LogP contribution in [0.4, 0.5) is 19.7 Å². The number of nitrogens with one attached hydrogen (secondary N) is 1. The van der Waals surface area contributed by atoms with Crippen molar-refractivity contribution in [3.63, 3.8) is 0 Å². The van der Waals surface area contributed by atoms with E-state index >= 15 is 0 Å². The van der Waals surface area contributed by atoms with Gasteiger partial charge in [-0.15, -0.1) is 11.3 Å². The number of carbonyl (C=O) groups excluding carboxylic acids is 1. The third kappa shape index (κ3) is 5.13. The van der Waals surface area contributed by atoms with E-state index in [2.05, 4.69) is 29.9 Å². The molecule has 0 aliphatic carbocycles. The van der Waals surface area contributed by atoms with E-state index in [1.807, 2.05) is 6.92 Å². The quantitative estimate of drug-likeness (QED) is 0.607. The van der Waals surface area contributed by atoms with E-state index < -0.39 is 6.61 Å². The van der Waals surface area contributed by atoms with E-state index in [4.69, 9.17) is 0 Å². The van der Waals surface area contributed by atoms with Crippen LogP contribution in [0.1, 0.15) is 17.7 Å². The Labute approximate surface area is 182 Å². The monoisotopic (exact) mass is 445 g/mol. The highest BCUT2D eigenvalue weighted by atomic mass is 32.1. The molecule has 3 heterocycles. The standard InChI is InChI=1S/C21H21F2N5O2S/c1-13-18(14-4-6-16(7-5-14)30-20(22)23)26-21(31-13)27-19(29)15-3-2-10-28(12-15)17-11-24-8-9-25-17/h4-9,11,15,20H,2-3,10,12H2,1H3,(H,26,27,29). The van der Waals surface area contributed by atoms with Crippen molar-refractivity contribution >= 4 is 28.2 Å². The Bertz CT molecular complexity index is 1030. The van der Waals surface area contributed by atoms with Crippen molar-refractivity contribution < 1.29 is 18.3 Å². The summed E-state index contributed by atoms with van der Waals surface area (Å²) < 4.78 is 29.0. The van der Waals surface area contributed by atoms with Crippen LogP contribution >= 0.6 is 11.3 Å². The number of thiazole rings is 1. The van der Waals surface area contributed by atoms with E-state index in [0.717, 1.165) is 35.6 Å². The normalized spacial score (nSPS) is 16.4. The molecule has 1 amide bonds. The Morgan fingerprint density at radius 2 is 2.10 bits per heavy atom. The molecule has 1 fully saturated rings. The number of hydrogen-bond donors (Lipinski definition) is 1. The van der Waals surface area contributed by atoms with Crippen LogP contribution in [-0.2, 0) is 4.79 Å². The summed E-state index contributed by atoms with van der Waals surface area (Å²) in [6.45, 7) is 0.461. The first-order valence-corrected chi connectivity index (χ1v) is 10.7. The second kappa shape index (κ2) is 9.34. The van der Waals surface area contributed by atoms with Crippen molar-refractivity contribution in [1.82, 2.24) is 15.0 Å². The van der Waals surface area contributed by atoms with Crippen LogP contribution in [0.3, 0.4) is 0 Å². The van der Waals surface area contributed by atoms with Gasteiger partial charge < -0.3 is 15.0 Å². The fourth-order valence-corrected chi connectivity index (χ4v) is 4.41. The molecule has 1 aromatic carbocycles. The number of hydrogen-bond acceptors (Lipinski definition) is 7. The van der Waals surface area contributed by atoms with Gasteiger partial charge >= 0.3 is 6.61 Å². The van der Waals surface area contributed by atoms with Gasteiger partial charge in [0.2, 0.25) is 5.91 Å². The number of ether oxygens (including phenoxy) is 1. The van der Waals surface area contributed by atoms with Crippen molar-refractivity contribution in [2.45, 2.75) is 26.4 Å². The number of rotatable bonds is 6. The molecule has 7 nitrogen and oxygen atoms in total. The molecule has 0 bridgehead atoms. The highest BCUT2D eigenvalue weighted by Gasteiger charge is 2.27. The minimum atomic E-state index is -2.86. The molecule has 2 aromatic heterocycles. The lowest BCUT2D eigenvalue weighted by Gasteiger charge is -2.32. The minimum absolute atomic E-state index is 0.0745. The molecule has 0 spiro atoms. The first-order valence-electron chi connectivity index (χ1n) is 9.84. The molecule has 1 saturated heterocycles. The van der Waals surface area contributed by atoms with E-state index in [0.29, 0.717) is 17.4 Å². The van der Waals surface area contributed by atoms with Gasteiger partial charge in [0, 0.05) is 35.9 Å². The summed E-state index contributed by atoms with van der Waals surface area (Å²) in [4.78, 5) is 28.8. The smallest absolute Gasteiger partial charge is 0.387 e. The zero-order valence-corrected chi connectivity index (χ0v) is 17.6. The van der Waals surface area contributed by atoms with E-state index in [1.165, 1.54) is 23.5 Å². The fourth-order valence-electron chi connectivity index (χ4n) is 3.57. The second-order valence-corrected chi connectivity index (χ2v) is 8.37. The molecule has 162 valence electrons. The lowest BCUT2D eigenvalue weighted by molar-refractivity contribution is -0.120. The molecular weight excluding hydrogens is 424 g/mol. The van der Waals surface area contributed by atoms with Gasteiger partial charge in [0.15, 0.2) is 5.13 Å². The van der Waals surface area contributed by atoms with Crippen LogP contribution in [0.25, 0.3) is 11.3 Å². The second-order valence-electron chi connectivity index (χ2n) is 7.16. The zero-order valence-electron chi connectivity index (χ0n) is 16.8. The first-order chi connectivity index (χ1) is 15.0. The molecule has 1 N–H and O–H groups in total. The van der Waals surface area contributed by atoms with Gasteiger partial charge in [-0.1, -0.05) is 0 Å². The topological polar surface area (TPSA) is 80.2 Å². The maximum atomic E-state index is 12.9. The number of piperidine rings is 1. The number of carbonyl (C=O) groups is 1. The van der Waals surface area contributed by atoms with Crippen LogP contribution in [0.2, 0.25) is 0 Å². The lowest BCUT2D eigenvalue weighted by Crippen LogP contribution is -2.41. The Morgan fingerprint density at radius 1 is 1.29 bits per heavy atom. The summed E-state index contributed by atoms with van der Waals surface area (Å²) in [5.74, 6) is 0.612. The highest BCUT2D eigenvalue weighted by molar-refractivity contribution is 7.16. The van der Waals surface area contributed by atoms with Crippen LogP contribution in [0.5, 0.6) is 5.75 Å². The van der Waals surface area contributed by atoms with E-state index in [1.54, 1.807) is 30.7 Å². The van der Waals surface area contributed by atoms with Crippen molar-refractivity contribution in [3.8, 4) is 17.0 Å². The lowest BCUT2D eigenvalue weighted by atomic mass is 9.97. The average Bonchev–Trinajstić information content (AvgIpc) is 3.14. The molecule has 0 radical (unpaired) electrons.